The van der Waals surface area contributed by atoms with E-state index < -0.39 is 6.10 Å². The number of hydrogen-bond donors (Lipinski definition) is 3. The van der Waals surface area contributed by atoms with E-state index in [2.05, 4.69) is 10.6 Å². The van der Waals surface area contributed by atoms with Crippen molar-refractivity contribution in [1.82, 2.24) is 15.5 Å². The van der Waals surface area contributed by atoms with E-state index in [0.717, 1.165) is 5.56 Å². The highest BCUT2D eigenvalue weighted by molar-refractivity contribution is 5.93. The van der Waals surface area contributed by atoms with Gasteiger partial charge >= 0.3 is 0 Å². The molecule has 0 saturated carbocycles. The normalized spacial score (nSPS) is 13.6. The summed E-state index contributed by atoms with van der Waals surface area (Å²) in [6.45, 7) is 5.57. The molecule has 0 aliphatic carbocycles. The largest absolute Gasteiger partial charge is 0.387 e. The molecule has 3 N–H and O–H groups in total. The summed E-state index contributed by atoms with van der Waals surface area (Å²) < 4.78 is 0. The van der Waals surface area contributed by atoms with Crippen molar-refractivity contribution in [2.24, 2.45) is 5.92 Å². The van der Waals surface area contributed by atoms with E-state index in [1.165, 1.54) is 4.90 Å². The van der Waals surface area contributed by atoms with E-state index in [-0.39, 0.29) is 36.9 Å². The lowest BCUT2D eigenvalue weighted by molar-refractivity contribution is -0.132. The van der Waals surface area contributed by atoms with Crippen LogP contribution in [0.25, 0.3) is 0 Å². The molecule has 148 valence electrons. The molecule has 0 saturated heterocycles. The van der Waals surface area contributed by atoms with Crippen LogP contribution in [0.3, 0.4) is 0 Å². The van der Waals surface area contributed by atoms with Crippen molar-refractivity contribution in [3.8, 4) is 0 Å². The molecular weight excluding hydrogens is 346 g/mol. The molecule has 7 nitrogen and oxygen atoms in total. The summed E-state index contributed by atoms with van der Waals surface area (Å²) in [5, 5.41) is 15.2. The number of hydrogen-bond acceptors (Lipinski definition) is 4. The maximum Gasteiger partial charge on any atom is 0.246 e. The second-order valence-electron chi connectivity index (χ2n) is 6.72. The first-order valence-corrected chi connectivity index (χ1v) is 8.90. The first kappa shape index (κ1) is 22.4. The molecule has 1 rings (SSSR count). The Bertz CT molecular complexity index is 658. The molecule has 0 spiro atoms. The Morgan fingerprint density at radius 2 is 1.85 bits per heavy atom. The fourth-order valence-corrected chi connectivity index (χ4v) is 2.63. The van der Waals surface area contributed by atoms with Crippen LogP contribution >= 0.6 is 0 Å². The zero-order valence-corrected chi connectivity index (χ0v) is 16.3. The zero-order valence-electron chi connectivity index (χ0n) is 16.3. The van der Waals surface area contributed by atoms with E-state index in [1.54, 1.807) is 32.2 Å². The van der Waals surface area contributed by atoms with E-state index in [0.29, 0.717) is 12.0 Å². The predicted molar refractivity (Wildman–Crippen MR) is 104 cm³/mol. The van der Waals surface area contributed by atoms with E-state index in [9.17, 15) is 19.5 Å². The molecule has 1 aromatic carbocycles. The number of carbonyl (C=O) groups is 3. The van der Waals surface area contributed by atoms with E-state index >= 15 is 0 Å². The fourth-order valence-electron chi connectivity index (χ4n) is 2.63. The van der Waals surface area contributed by atoms with Crippen molar-refractivity contribution in [3.63, 3.8) is 0 Å². The molecule has 1 aromatic rings. The second kappa shape index (κ2) is 11.1. The summed E-state index contributed by atoms with van der Waals surface area (Å²) in [7, 11) is 1.64. The summed E-state index contributed by atoms with van der Waals surface area (Å²) in [5.74, 6) is -0.472. The van der Waals surface area contributed by atoms with Crippen LogP contribution in [0, 0.1) is 5.92 Å². The summed E-state index contributed by atoms with van der Waals surface area (Å²) in [4.78, 5) is 36.3. The molecule has 0 aliphatic rings. The van der Waals surface area contributed by atoms with Crippen molar-refractivity contribution in [2.45, 2.75) is 32.9 Å². The number of aliphatic hydroxyl groups is 1. The Morgan fingerprint density at radius 1 is 1.22 bits per heavy atom. The minimum atomic E-state index is -0.789. The van der Waals surface area contributed by atoms with Gasteiger partial charge in [-0.2, -0.15) is 0 Å². The quantitative estimate of drug-likeness (QED) is 0.420. The van der Waals surface area contributed by atoms with Crippen molar-refractivity contribution in [2.75, 3.05) is 20.1 Å². The number of amides is 3. The highest BCUT2D eigenvalue weighted by Crippen LogP contribution is 2.14. The fraction of sp³-hybridized carbons (Fsp3) is 0.450. The lowest BCUT2D eigenvalue weighted by Gasteiger charge is -2.29. The molecule has 0 unspecified atom stereocenters. The number of nitrogens with one attached hydrogen (secondary N) is 2. The third-order valence-corrected chi connectivity index (χ3v) is 4.28. The van der Waals surface area contributed by atoms with Gasteiger partial charge < -0.3 is 20.6 Å². The molecular formula is C20H29N3O4. The van der Waals surface area contributed by atoms with Gasteiger partial charge in [0.25, 0.3) is 0 Å². The van der Waals surface area contributed by atoms with Crippen molar-refractivity contribution < 1.29 is 19.5 Å². The van der Waals surface area contributed by atoms with Crippen LogP contribution in [0.15, 0.2) is 42.0 Å². The van der Waals surface area contributed by atoms with Gasteiger partial charge in [-0.1, -0.05) is 50.3 Å². The standard InChI is InChI=1S/C20H29N3O4/c1-14(2)17(23(4)19(26)12-21-13-24)10-15(3)20(27)22-11-18(25)16-8-6-5-7-9-16/h5-10,13-14,17-18,25H,11-12H2,1-4H3,(H,21,24)(H,22,27)/t17-,18-/m1/s1. The van der Waals surface area contributed by atoms with Gasteiger partial charge in [-0.3, -0.25) is 14.4 Å². The predicted octanol–water partition coefficient (Wildman–Crippen LogP) is 1.01. The molecule has 7 heteroatoms. The van der Waals surface area contributed by atoms with Gasteiger partial charge in [0.1, 0.15) is 0 Å². The van der Waals surface area contributed by atoms with Gasteiger partial charge in [0.05, 0.1) is 18.7 Å². The zero-order chi connectivity index (χ0) is 20.4. The topological polar surface area (TPSA) is 98.7 Å². The molecule has 0 aromatic heterocycles. The second-order valence-corrected chi connectivity index (χ2v) is 6.72. The lowest BCUT2D eigenvalue weighted by Crippen LogP contribution is -2.43. The highest BCUT2D eigenvalue weighted by atomic mass is 16.3. The minimum Gasteiger partial charge on any atom is -0.387 e. The van der Waals surface area contributed by atoms with Crippen LogP contribution in [0.1, 0.15) is 32.4 Å². The number of nitrogens with zero attached hydrogens (tertiary/aromatic N) is 1. The third-order valence-electron chi connectivity index (χ3n) is 4.28. The Hall–Kier alpha value is -2.67. The van der Waals surface area contributed by atoms with Crippen LogP contribution in [0.4, 0.5) is 0 Å². The first-order chi connectivity index (χ1) is 12.8. The lowest BCUT2D eigenvalue weighted by atomic mass is 9.99. The average molecular weight is 375 g/mol. The highest BCUT2D eigenvalue weighted by Gasteiger charge is 2.22. The maximum absolute atomic E-state index is 12.3. The molecule has 27 heavy (non-hydrogen) atoms. The Morgan fingerprint density at radius 3 is 2.41 bits per heavy atom. The Labute approximate surface area is 160 Å². The van der Waals surface area contributed by atoms with Crippen molar-refractivity contribution in [1.29, 1.82) is 0 Å². The molecule has 0 fully saturated rings. The maximum atomic E-state index is 12.3. The van der Waals surface area contributed by atoms with Gasteiger partial charge in [0.15, 0.2) is 0 Å². The van der Waals surface area contributed by atoms with Gasteiger partial charge in [-0.15, -0.1) is 0 Å². The summed E-state index contributed by atoms with van der Waals surface area (Å²) in [5.41, 5.74) is 1.18. The molecule has 0 bridgehead atoms. The number of rotatable bonds is 10. The van der Waals surface area contributed by atoms with Crippen LogP contribution in [0.2, 0.25) is 0 Å². The first-order valence-electron chi connectivity index (χ1n) is 8.90. The molecule has 2 atom stereocenters. The van der Waals surface area contributed by atoms with Crippen molar-refractivity contribution >= 4 is 18.2 Å². The number of benzene rings is 1. The summed E-state index contributed by atoms with van der Waals surface area (Å²) in [6.07, 6.45) is 1.42. The Balaban J connectivity index is 2.72. The smallest absolute Gasteiger partial charge is 0.246 e. The van der Waals surface area contributed by atoms with Crippen LogP contribution in [-0.4, -0.2) is 54.4 Å². The molecule has 0 radical (unpaired) electrons. The third kappa shape index (κ3) is 7.22. The van der Waals surface area contributed by atoms with Crippen LogP contribution in [0.5, 0.6) is 0 Å². The number of likely N-dealkylation sites (N-methyl/N-ethyl adjacent to an activating group) is 1. The molecule has 0 heterocycles. The SMILES string of the molecule is CC(=C[C@H](C(C)C)N(C)C(=O)CNC=O)C(=O)NC[C@@H](O)c1ccccc1. The number of carbonyl (C=O) groups excluding carboxylic acids is 3. The molecule has 3 amide bonds. The minimum absolute atomic E-state index is 0.0767. The van der Waals surface area contributed by atoms with E-state index in [1.807, 2.05) is 32.0 Å². The van der Waals surface area contributed by atoms with Crippen molar-refractivity contribution in [3.05, 3.63) is 47.5 Å². The Kier molecular flexibility index (Phi) is 9.22. The van der Waals surface area contributed by atoms with Crippen LogP contribution in [-0.2, 0) is 14.4 Å². The van der Waals surface area contributed by atoms with Gasteiger partial charge in [0.2, 0.25) is 18.2 Å². The average Bonchev–Trinajstić information content (AvgIpc) is 2.67. The van der Waals surface area contributed by atoms with Gasteiger partial charge in [-0.05, 0) is 18.4 Å². The van der Waals surface area contributed by atoms with Gasteiger partial charge in [-0.25, -0.2) is 0 Å². The summed E-state index contributed by atoms with van der Waals surface area (Å²) in [6, 6.07) is 8.80. The van der Waals surface area contributed by atoms with Gasteiger partial charge in [0, 0.05) is 19.2 Å². The van der Waals surface area contributed by atoms with Crippen LogP contribution < -0.4 is 10.6 Å². The van der Waals surface area contributed by atoms with E-state index in [4.69, 9.17) is 0 Å². The summed E-state index contributed by atoms with van der Waals surface area (Å²) >= 11 is 0. The number of aliphatic hydroxyl groups excluding tert-OH is 1. The molecule has 0 aliphatic heterocycles. The monoisotopic (exact) mass is 375 g/mol.